The second-order valence-electron chi connectivity index (χ2n) is 4.53. The molecule has 0 saturated carbocycles. The van der Waals surface area contributed by atoms with E-state index in [0.717, 1.165) is 13.0 Å². The molecular weight excluding hydrogens is 232 g/mol. The van der Waals surface area contributed by atoms with Gasteiger partial charge in [-0.05, 0) is 31.9 Å². The molecule has 1 saturated heterocycles. The van der Waals surface area contributed by atoms with Gasteiger partial charge in [-0.3, -0.25) is 0 Å². The van der Waals surface area contributed by atoms with Crippen molar-refractivity contribution in [1.29, 1.82) is 0 Å². The Morgan fingerprint density at radius 1 is 1.56 bits per heavy atom. The second-order valence-corrected chi connectivity index (χ2v) is 4.53. The molecule has 0 amide bonds. The minimum absolute atomic E-state index is 0.296. The van der Waals surface area contributed by atoms with Gasteiger partial charge in [0.25, 0.3) is 0 Å². The predicted octanol–water partition coefficient (Wildman–Crippen LogP) is 0.377. The average Bonchev–Trinajstić information content (AvgIpc) is 2.75. The summed E-state index contributed by atoms with van der Waals surface area (Å²) in [7, 11) is 0. The lowest BCUT2D eigenvalue weighted by molar-refractivity contribution is -0.00543. The fraction of sp³-hybridized carbons (Fsp3) is 0.583. The lowest BCUT2D eigenvalue weighted by Crippen LogP contribution is -2.47. The Morgan fingerprint density at radius 3 is 3.00 bits per heavy atom. The summed E-state index contributed by atoms with van der Waals surface area (Å²) >= 11 is 0. The van der Waals surface area contributed by atoms with Crippen molar-refractivity contribution in [3.05, 3.63) is 12.1 Å². The number of nitrogens with two attached hydrogens (primary N) is 1. The van der Waals surface area contributed by atoms with E-state index in [1.165, 1.54) is 0 Å². The first-order valence-corrected chi connectivity index (χ1v) is 6.22. The molecule has 18 heavy (non-hydrogen) atoms. The fourth-order valence-corrected chi connectivity index (χ4v) is 2.27. The maximum absolute atomic E-state index is 10.3. The van der Waals surface area contributed by atoms with Crippen molar-refractivity contribution < 1.29 is 10.2 Å². The van der Waals surface area contributed by atoms with Gasteiger partial charge >= 0.3 is 0 Å². The number of aliphatic hydroxyl groups is 2. The number of rotatable bonds is 4. The van der Waals surface area contributed by atoms with Crippen molar-refractivity contribution in [2.45, 2.75) is 25.5 Å². The van der Waals surface area contributed by atoms with Crippen molar-refractivity contribution in [2.24, 2.45) is 0 Å². The summed E-state index contributed by atoms with van der Waals surface area (Å²) in [5.74, 6) is 1.25. The molecule has 1 fully saturated rings. The van der Waals surface area contributed by atoms with Gasteiger partial charge in [0.15, 0.2) is 11.5 Å². The topological polar surface area (TPSA) is 94.6 Å². The summed E-state index contributed by atoms with van der Waals surface area (Å²) in [4.78, 5) is 6.14. The molecule has 0 aliphatic carbocycles. The van der Waals surface area contributed by atoms with Crippen LogP contribution in [0.5, 0.6) is 0 Å². The largest absolute Gasteiger partial charge is 0.396 e. The maximum Gasteiger partial charge on any atom is 0.162 e. The summed E-state index contributed by atoms with van der Waals surface area (Å²) in [5.41, 5.74) is 5.19. The van der Waals surface area contributed by atoms with Gasteiger partial charge in [0.2, 0.25) is 0 Å². The van der Waals surface area contributed by atoms with Gasteiger partial charge in [-0.15, -0.1) is 0 Å². The lowest BCUT2D eigenvalue weighted by atomic mass is 10.1. The van der Waals surface area contributed by atoms with Crippen molar-refractivity contribution >= 4 is 17.3 Å². The SMILES string of the molecule is CCNc1nc(N2CCCC2(O)CO)ccc1N. The van der Waals surface area contributed by atoms with E-state index in [0.29, 0.717) is 30.3 Å². The third-order valence-corrected chi connectivity index (χ3v) is 3.25. The summed E-state index contributed by atoms with van der Waals surface area (Å²) in [6.45, 7) is 3.08. The van der Waals surface area contributed by atoms with Gasteiger partial charge in [-0.2, -0.15) is 0 Å². The Morgan fingerprint density at radius 2 is 2.33 bits per heavy atom. The predicted molar refractivity (Wildman–Crippen MR) is 71.4 cm³/mol. The molecule has 1 aromatic rings. The van der Waals surface area contributed by atoms with Crippen LogP contribution in [0.1, 0.15) is 19.8 Å². The highest BCUT2D eigenvalue weighted by molar-refractivity contribution is 5.65. The Bertz CT molecular complexity index is 427. The smallest absolute Gasteiger partial charge is 0.162 e. The summed E-state index contributed by atoms with van der Waals surface area (Å²) in [5, 5.41) is 22.7. The van der Waals surface area contributed by atoms with Crippen molar-refractivity contribution in [1.82, 2.24) is 4.98 Å². The number of hydrogen-bond acceptors (Lipinski definition) is 6. The number of anilines is 3. The molecule has 2 heterocycles. The lowest BCUT2D eigenvalue weighted by Gasteiger charge is -2.33. The molecule has 5 N–H and O–H groups in total. The van der Waals surface area contributed by atoms with Crippen LogP contribution in [0.25, 0.3) is 0 Å². The van der Waals surface area contributed by atoms with E-state index >= 15 is 0 Å². The van der Waals surface area contributed by atoms with Crippen molar-refractivity contribution in [2.75, 3.05) is 35.6 Å². The minimum Gasteiger partial charge on any atom is -0.396 e. The average molecular weight is 252 g/mol. The molecule has 6 heteroatoms. The van der Waals surface area contributed by atoms with Gasteiger partial charge in [-0.25, -0.2) is 4.98 Å². The molecule has 1 aromatic heterocycles. The Labute approximate surface area is 106 Å². The van der Waals surface area contributed by atoms with Crippen LogP contribution in [0.4, 0.5) is 17.3 Å². The van der Waals surface area contributed by atoms with E-state index in [4.69, 9.17) is 5.73 Å². The number of nitrogen functional groups attached to an aromatic ring is 1. The highest BCUT2D eigenvalue weighted by Crippen LogP contribution is 2.32. The first-order valence-electron chi connectivity index (χ1n) is 6.22. The van der Waals surface area contributed by atoms with Crippen molar-refractivity contribution in [3.8, 4) is 0 Å². The zero-order valence-electron chi connectivity index (χ0n) is 10.6. The van der Waals surface area contributed by atoms with Crippen LogP contribution < -0.4 is 16.0 Å². The molecule has 6 nitrogen and oxygen atoms in total. The first kappa shape index (κ1) is 12.9. The molecule has 1 aliphatic heterocycles. The zero-order valence-corrected chi connectivity index (χ0v) is 10.6. The first-order chi connectivity index (χ1) is 8.60. The summed E-state index contributed by atoms with van der Waals surface area (Å²) < 4.78 is 0. The second kappa shape index (κ2) is 4.99. The molecule has 2 rings (SSSR count). The van der Waals surface area contributed by atoms with E-state index in [1.54, 1.807) is 17.0 Å². The van der Waals surface area contributed by atoms with Crippen LogP contribution in [-0.4, -0.2) is 40.6 Å². The van der Waals surface area contributed by atoms with Gasteiger partial charge in [0.1, 0.15) is 5.82 Å². The van der Waals surface area contributed by atoms with Gasteiger partial charge in [-0.1, -0.05) is 0 Å². The van der Waals surface area contributed by atoms with Crippen LogP contribution in [0, 0.1) is 0 Å². The highest BCUT2D eigenvalue weighted by Gasteiger charge is 2.39. The van der Waals surface area contributed by atoms with Crippen molar-refractivity contribution in [3.63, 3.8) is 0 Å². The Hall–Kier alpha value is -1.53. The number of aromatic nitrogens is 1. The van der Waals surface area contributed by atoms with E-state index in [2.05, 4.69) is 10.3 Å². The Kier molecular flexibility index (Phi) is 3.58. The van der Waals surface area contributed by atoms with Crippen LogP contribution in [0.15, 0.2) is 12.1 Å². The van der Waals surface area contributed by atoms with Gasteiger partial charge < -0.3 is 26.2 Å². The highest BCUT2D eigenvalue weighted by atomic mass is 16.4. The number of nitrogens with zero attached hydrogens (tertiary/aromatic N) is 2. The van der Waals surface area contributed by atoms with E-state index in [1.807, 2.05) is 6.92 Å². The molecule has 100 valence electrons. The third-order valence-electron chi connectivity index (χ3n) is 3.25. The van der Waals surface area contributed by atoms with Crippen LogP contribution in [0.3, 0.4) is 0 Å². The zero-order chi connectivity index (χ0) is 13.2. The van der Waals surface area contributed by atoms with Crippen LogP contribution in [0.2, 0.25) is 0 Å². The molecule has 1 unspecified atom stereocenters. The van der Waals surface area contributed by atoms with Crippen LogP contribution >= 0.6 is 0 Å². The number of pyridine rings is 1. The van der Waals surface area contributed by atoms with E-state index in [9.17, 15) is 10.2 Å². The molecular formula is C12H20N4O2. The number of nitrogens with one attached hydrogen (secondary N) is 1. The summed E-state index contributed by atoms with van der Waals surface area (Å²) in [6, 6.07) is 3.53. The molecule has 1 atom stereocenters. The Balaban J connectivity index is 2.30. The van der Waals surface area contributed by atoms with E-state index < -0.39 is 5.72 Å². The molecule has 0 bridgehead atoms. The minimum atomic E-state index is -1.20. The summed E-state index contributed by atoms with van der Waals surface area (Å²) in [6.07, 6.45) is 1.38. The third kappa shape index (κ3) is 2.21. The van der Waals surface area contributed by atoms with Gasteiger partial charge in [0.05, 0.1) is 12.3 Å². The molecule has 1 aliphatic rings. The van der Waals surface area contributed by atoms with E-state index in [-0.39, 0.29) is 6.61 Å². The number of hydrogen-bond donors (Lipinski definition) is 4. The quantitative estimate of drug-likeness (QED) is 0.619. The maximum atomic E-state index is 10.3. The normalized spacial score (nSPS) is 23.4. The molecule has 0 spiro atoms. The molecule has 0 radical (unpaired) electrons. The van der Waals surface area contributed by atoms with Crippen LogP contribution in [-0.2, 0) is 0 Å². The van der Waals surface area contributed by atoms with Gasteiger partial charge in [0, 0.05) is 13.1 Å². The molecule has 0 aromatic carbocycles. The fourth-order valence-electron chi connectivity index (χ4n) is 2.27. The number of aliphatic hydroxyl groups excluding tert-OH is 1. The monoisotopic (exact) mass is 252 g/mol. The standard InChI is InChI=1S/C12H20N4O2/c1-2-14-11-9(13)4-5-10(15-11)16-7-3-6-12(16,18)8-17/h4-5,17-18H,2-3,6-8,13H2,1H3,(H,14,15).